The van der Waals surface area contributed by atoms with Gasteiger partial charge in [-0.1, -0.05) is 23.2 Å². The van der Waals surface area contributed by atoms with E-state index in [0.29, 0.717) is 16.8 Å². The lowest BCUT2D eigenvalue weighted by atomic mass is 10.2. The average molecular weight is 515 g/mol. The van der Waals surface area contributed by atoms with Gasteiger partial charge in [-0.15, -0.1) is 11.3 Å². The SMILES string of the molecule is COc1c(Cl)c(NC(=O)c2csc3cncnc23)c(Cl)c(OC)c1Nc1ccc2cn[nH]c2c1. The Kier molecular flexibility index (Phi) is 5.86. The molecule has 9 nitrogen and oxygen atoms in total. The molecule has 3 heterocycles. The fraction of sp³-hybridized carbons (Fsp3) is 0.0909. The summed E-state index contributed by atoms with van der Waals surface area (Å²) in [4.78, 5) is 21.3. The van der Waals surface area contributed by atoms with Gasteiger partial charge in [-0.3, -0.25) is 9.89 Å². The molecule has 5 rings (SSSR count). The van der Waals surface area contributed by atoms with Crippen LogP contribution in [0.2, 0.25) is 10.0 Å². The summed E-state index contributed by atoms with van der Waals surface area (Å²) in [6.45, 7) is 0. The molecule has 0 atom stereocenters. The summed E-state index contributed by atoms with van der Waals surface area (Å²) < 4.78 is 11.9. The van der Waals surface area contributed by atoms with E-state index >= 15 is 0 Å². The number of nitrogens with one attached hydrogen (secondary N) is 3. The van der Waals surface area contributed by atoms with Gasteiger partial charge in [0.15, 0.2) is 11.5 Å². The molecule has 0 bridgehead atoms. The van der Waals surface area contributed by atoms with E-state index in [9.17, 15) is 4.79 Å². The maximum absolute atomic E-state index is 13.1. The molecule has 0 spiro atoms. The minimum absolute atomic E-state index is 0.112. The summed E-state index contributed by atoms with van der Waals surface area (Å²) in [6, 6.07) is 5.66. The molecule has 5 aromatic rings. The zero-order valence-electron chi connectivity index (χ0n) is 17.8. The van der Waals surface area contributed by atoms with Crippen molar-refractivity contribution in [3.05, 3.63) is 57.9 Å². The number of nitrogens with zero attached hydrogens (tertiary/aromatic N) is 3. The molecule has 0 aliphatic rings. The molecule has 0 aliphatic heterocycles. The summed E-state index contributed by atoms with van der Waals surface area (Å²) in [5, 5.41) is 15.9. The summed E-state index contributed by atoms with van der Waals surface area (Å²) >= 11 is 14.7. The molecule has 0 radical (unpaired) electrons. The molecule has 0 aliphatic carbocycles. The van der Waals surface area contributed by atoms with E-state index in [1.54, 1.807) is 17.8 Å². The minimum atomic E-state index is -0.428. The van der Waals surface area contributed by atoms with Crippen LogP contribution in [0.4, 0.5) is 17.1 Å². The number of aromatic nitrogens is 4. The van der Waals surface area contributed by atoms with Crippen LogP contribution in [0.3, 0.4) is 0 Å². The first-order valence-electron chi connectivity index (χ1n) is 9.83. The Hall–Kier alpha value is -3.60. The number of thiophene rings is 1. The van der Waals surface area contributed by atoms with Gasteiger partial charge in [0, 0.05) is 22.7 Å². The highest BCUT2D eigenvalue weighted by molar-refractivity contribution is 7.17. The number of benzene rings is 2. The Morgan fingerprint density at radius 1 is 1.09 bits per heavy atom. The number of amides is 1. The molecule has 2 aromatic carbocycles. The van der Waals surface area contributed by atoms with Gasteiger partial charge in [-0.05, 0) is 18.2 Å². The zero-order chi connectivity index (χ0) is 23.8. The van der Waals surface area contributed by atoms with Crippen LogP contribution in [-0.2, 0) is 0 Å². The number of H-pyrrole nitrogens is 1. The van der Waals surface area contributed by atoms with Gasteiger partial charge in [0.25, 0.3) is 5.91 Å². The number of carbonyl (C=O) groups excluding carboxylic acids is 1. The Balaban J connectivity index is 1.55. The monoisotopic (exact) mass is 514 g/mol. The molecule has 172 valence electrons. The Labute approximate surface area is 207 Å². The molecule has 12 heteroatoms. The molecule has 0 saturated carbocycles. The van der Waals surface area contributed by atoms with E-state index < -0.39 is 5.91 Å². The van der Waals surface area contributed by atoms with E-state index in [1.165, 1.54) is 31.9 Å². The zero-order valence-corrected chi connectivity index (χ0v) is 20.1. The minimum Gasteiger partial charge on any atom is -0.493 e. The van der Waals surface area contributed by atoms with E-state index in [1.807, 2.05) is 18.2 Å². The number of hydrogen-bond donors (Lipinski definition) is 3. The van der Waals surface area contributed by atoms with Crippen LogP contribution in [0.15, 0.2) is 42.3 Å². The molecule has 3 N–H and O–H groups in total. The number of aromatic amines is 1. The smallest absolute Gasteiger partial charge is 0.258 e. The van der Waals surface area contributed by atoms with Crippen molar-refractivity contribution >= 4 is 78.6 Å². The number of hydrogen-bond acceptors (Lipinski definition) is 8. The van der Waals surface area contributed by atoms with Gasteiger partial charge in [0.2, 0.25) is 0 Å². The van der Waals surface area contributed by atoms with Crippen LogP contribution < -0.4 is 20.1 Å². The molecule has 0 fully saturated rings. The van der Waals surface area contributed by atoms with Crippen LogP contribution in [-0.4, -0.2) is 40.3 Å². The van der Waals surface area contributed by atoms with E-state index in [4.69, 9.17) is 32.7 Å². The Morgan fingerprint density at radius 2 is 1.85 bits per heavy atom. The molecular formula is C22H16Cl2N6O3S. The van der Waals surface area contributed by atoms with Crippen molar-refractivity contribution in [1.82, 2.24) is 20.2 Å². The van der Waals surface area contributed by atoms with Crippen molar-refractivity contribution in [2.75, 3.05) is 24.9 Å². The highest BCUT2D eigenvalue weighted by Gasteiger charge is 2.26. The maximum atomic E-state index is 13.1. The van der Waals surface area contributed by atoms with E-state index in [0.717, 1.165) is 21.3 Å². The van der Waals surface area contributed by atoms with E-state index in [2.05, 4.69) is 30.8 Å². The molecule has 3 aromatic heterocycles. The van der Waals surface area contributed by atoms with Crippen molar-refractivity contribution in [3.63, 3.8) is 0 Å². The lowest BCUT2D eigenvalue weighted by Crippen LogP contribution is -2.13. The predicted octanol–water partition coefficient (Wildman–Crippen LogP) is 5.89. The fourth-order valence-corrected chi connectivity index (χ4v) is 5.07. The van der Waals surface area contributed by atoms with Gasteiger partial charge < -0.3 is 20.1 Å². The first-order valence-corrected chi connectivity index (χ1v) is 11.5. The summed E-state index contributed by atoms with van der Waals surface area (Å²) in [6.07, 6.45) is 4.77. The lowest BCUT2D eigenvalue weighted by molar-refractivity contribution is 0.102. The average Bonchev–Trinajstić information content (AvgIpc) is 3.49. The number of methoxy groups -OCH3 is 2. The van der Waals surface area contributed by atoms with Crippen molar-refractivity contribution < 1.29 is 14.3 Å². The van der Waals surface area contributed by atoms with Crippen LogP contribution in [0.25, 0.3) is 21.1 Å². The first-order chi connectivity index (χ1) is 16.5. The number of rotatable bonds is 6. The third-order valence-corrected chi connectivity index (χ3v) is 6.76. The highest BCUT2D eigenvalue weighted by atomic mass is 35.5. The van der Waals surface area contributed by atoms with Gasteiger partial charge >= 0.3 is 0 Å². The highest BCUT2D eigenvalue weighted by Crippen LogP contribution is 2.52. The topological polar surface area (TPSA) is 114 Å². The number of anilines is 3. The predicted molar refractivity (Wildman–Crippen MR) is 134 cm³/mol. The molecule has 34 heavy (non-hydrogen) atoms. The van der Waals surface area contributed by atoms with Crippen molar-refractivity contribution in [1.29, 1.82) is 0 Å². The van der Waals surface area contributed by atoms with Crippen LogP contribution in [0.5, 0.6) is 11.5 Å². The molecule has 0 saturated heterocycles. The van der Waals surface area contributed by atoms with Crippen molar-refractivity contribution in [3.8, 4) is 11.5 Å². The molecule has 1 amide bonds. The Morgan fingerprint density at radius 3 is 2.59 bits per heavy atom. The third kappa shape index (κ3) is 3.75. The summed E-state index contributed by atoms with van der Waals surface area (Å²) in [5.41, 5.74) is 3.05. The second kappa shape index (κ2) is 8.98. The summed E-state index contributed by atoms with van der Waals surface area (Å²) in [5.74, 6) is 0.0733. The van der Waals surface area contributed by atoms with E-state index in [-0.39, 0.29) is 27.2 Å². The van der Waals surface area contributed by atoms with Gasteiger partial charge in [0.05, 0.1) is 47.4 Å². The van der Waals surface area contributed by atoms with Gasteiger partial charge in [-0.2, -0.15) is 5.10 Å². The fourth-order valence-electron chi connectivity index (χ4n) is 3.54. The number of fused-ring (bicyclic) bond motifs is 2. The largest absolute Gasteiger partial charge is 0.493 e. The second-order valence-corrected chi connectivity index (χ2v) is 8.75. The van der Waals surface area contributed by atoms with Crippen LogP contribution in [0, 0.1) is 0 Å². The number of halogens is 2. The third-order valence-electron chi connectivity index (χ3n) is 5.13. The van der Waals surface area contributed by atoms with Crippen LogP contribution >= 0.6 is 34.5 Å². The van der Waals surface area contributed by atoms with Crippen molar-refractivity contribution in [2.24, 2.45) is 0 Å². The number of carbonyl (C=O) groups is 1. The Bertz CT molecular complexity index is 1520. The van der Waals surface area contributed by atoms with Crippen molar-refractivity contribution in [2.45, 2.75) is 0 Å². The second-order valence-electron chi connectivity index (χ2n) is 7.08. The van der Waals surface area contributed by atoms with Crippen LogP contribution in [0.1, 0.15) is 10.4 Å². The van der Waals surface area contributed by atoms with Gasteiger partial charge in [-0.25, -0.2) is 9.97 Å². The van der Waals surface area contributed by atoms with Gasteiger partial charge in [0.1, 0.15) is 22.1 Å². The number of ether oxygens (including phenoxy) is 2. The normalized spacial score (nSPS) is 11.1. The first kappa shape index (κ1) is 22.2. The summed E-state index contributed by atoms with van der Waals surface area (Å²) in [7, 11) is 2.93. The lowest BCUT2D eigenvalue weighted by Gasteiger charge is -2.21. The maximum Gasteiger partial charge on any atom is 0.258 e. The quantitative estimate of drug-likeness (QED) is 0.259. The molecular weight excluding hydrogens is 499 g/mol. The standard InChI is InChI=1S/C22H16Cl2N6O3S/c1-32-20-15(23)18(29-22(31)12-8-34-14-7-25-9-26-17(12)14)16(24)21(33-2)19(20)28-11-4-3-10-6-27-30-13(10)5-11/h3-9,28H,1-2H3,(H,27,30)(H,29,31). The molecule has 0 unspecified atom stereocenters.